The molecule has 0 aliphatic rings. The van der Waals surface area contributed by atoms with E-state index in [0.717, 1.165) is 6.54 Å². The normalized spacial score (nSPS) is 10.3. The van der Waals surface area contributed by atoms with Crippen LogP contribution in [-0.4, -0.2) is 33.6 Å². The van der Waals surface area contributed by atoms with Crippen LogP contribution in [0.1, 0.15) is 6.92 Å². The number of hydrogen-bond donors (Lipinski definition) is 3. The monoisotopic (exact) mass is 293 g/mol. The van der Waals surface area contributed by atoms with Crippen LogP contribution in [0.5, 0.6) is 5.75 Å². The summed E-state index contributed by atoms with van der Waals surface area (Å²) in [7, 11) is 1.55. The van der Waals surface area contributed by atoms with Crippen LogP contribution in [0, 0.1) is 0 Å². The Bertz CT molecular complexity index is 587. The van der Waals surface area contributed by atoms with Crippen molar-refractivity contribution >= 4 is 29.2 Å². The van der Waals surface area contributed by atoms with E-state index in [0.29, 0.717) is 33.4 Å². The predicted octanol–water partition coefficient (Wildman–Crippen LogP) is 1.02. The summed E-state index contributed by atoms with van der Waals surface area (Å²) in [5.74, 6) is 1.76. The van der Waals surface area contributed by atoms with E-state index in [4.69, 9.17) is 16.2 Å². The fourth-order valence-corrected chi connectivity index (χ4v) is 2.35. The number of nitrogen functional groups attached to an aromatic ring is 2. The number of hydrogen-bond acceptors (Lipinski definition) is 9. The van der Waals surface area contributed by atoms with E-state index in [2.05, 4.69) is 25.3 Å². The van der Waals surface area contributed by atoms with Gasteiger partial charge in [0, 0.05) is 12.6 Å². The van der Waals surface area contributed by atoms with E-state index in [1.807, 2.05) is 6.92 Å². The van der Waals surface area contributed by atoms with Gasteiger partial charge in [-0.05, 0) is 18.7 Å². The van der Waals surface area contributed by atoms with Gasteiger partial charge in [0.1, 0.15) is 18.0 Å². The Hall–Kier alpha value is -2.29. The molecule has 2 rings (SSSR count). The Labute approximate surface area is 120 Å². The number of aromatic nitrogens is 4. The second-order valence-electron chi connectivity index (χ2n) is 3.69. The third kappa shape index (κ3) is 3.18. The molecule has 0 saturated heterocycles. The summed E-state index contributed by atoms with van der Waals surface area (Å²) in [6.45, 7) is 2.69. The fourth-order valence-electron chi connectivity index (χ4n) is 1.50. The molecule has 0 aromatic carbocycles. The predicted molar refractivity (Wildman–Crippen MR) is 77.7 cm³/mol. The molecule has 0 bridgehead atoms. The molecule has 0 unspecified atom stereocenters. The minimum atomic E-state index is 0.305. The molecule has 2 aromatic heterocycles. The highest BCUT2D eigenvalue weighted by Gasteiger charge is 2.14. The first-order valence-corrected chi connectivity index (χ1v) is 6.66. The molecule has 0 spiro atoms. The maximum absolute atomic E-state index is 5.64. The van der Waals surface area contributed by atoms with Gasteiger partial charge in [0.15, 0.2) is 21.7 Å². The van der Waals surface area contributed by atoms with E-state index in [1.54, 1.807) is 7.11 Å². The SMILES string of the molecule is CCNc1ncnc(Sc2nc(N)cc(N)n2)c1OC. The molecule has 2 aromatic rings. The molecule has 0 aliphatic heterocycles. The Morgan fingerprint density at radius 1 is 1.25 bits per heavy atom. The summed E-state index contributed by atoms with van der Waals surface area (Å²) in [5, 5.41) is 4.09. The van der Waals surface area contributed by atoms with Crippen LogP contribution in [-0.2, 0) is 0 Å². The molecule has 0 amide bonds. The summed E-state index contributed by atoms with van der Waals surface area (Å²) >= 11 is 1.21. The lowest BCUT2D eigenvalue weighted by Gasteiger charge is -2.11. The van der Waals surface area contributed by atoms with Gasteiger partial charge in [-0.15, -0.1) is 0 Å². The number of methoxy groups -OCH3 is 1. The van der Waals surface area contributed by atoms with Gasteiger partial charge >= 0.3 is 0 Å². The fraction of sp³-hybridized carbons (Fsp3) is 0.273. The first kappa shape index (κ1) is 14.1. The van der Waals surface area contributed by atoms with Crippen molar-refractivity contribution in [2.75, 3.05) is 30.4 Å². The number of nitrogens with one attached hydrogen (secondary N) is 1. The van der Waals surface area contributed by atoms with E-state index in [-0.39, 0.29) is 0 Å². The molecule has 5 N–H and O–H groups in total. The number of anilines is 3. The van der Waals surface area contributed by atoms with Crippen molar-refractivity contribution < 1.29 is 4.74 Å². The van der Waals surface area contributed by atoms with E-state index < -0.39 is 0 Å². The summed E-state index contributed by atoms with van der Waals surface area (Å²) in [6.07, 6.45) is 1.44. The van der Waals surface area contributed by atoms with Crippen LogP contribution in [0.25, 0.3) is 0 Å². The van der Waals surface area contributed by atoms with Gasteiger partial charge < -0.3 is 21.5 Å². The Morgan fingerprint density at radius 2 is 1.95 bits per heavy atom. The molecule has 0 saturated carbocycles. The minimum Gasteiger partial charge on any atom is -0.490 e. The molecular weight excluding hydrogens is 278 g/mol. The van der Waals surface area contributed by atoms with Gasteiger partial charge in [0.25, 0.3) is 0 Å². The van der Waals surface area contributed by atoms with Crippen LogP contribution < -0.4 is 21.5 Å². The van der Waals surface area contributed by atoms with E-state index in [9.17, 15) is 0 Å². The maximum Gasteiger partial charge on any atom is 0.197 e. The van der Waals surface area contributed by atoms with Crippen molar-refractivity contribution in [2.45, 2.75) is 17.1 Å². The van der Waals surface area contributed by atoms with Crippen molar-refractivity contribution in [3.63, 3.8) is 0 Å². The van der Waals surface area contributed by atoms with Crippen LogP contribution in [0.2, 0.25) is 0 Å². The maximum atomic E-state index is 5.64. The van der Waals surface area contributed by atoms with Gasteiger partial charge in [-0.2, -0.15) is 0 Å². The zero-order valence-corrected chi connectivity index (χ0v) is 11.9. The smallest absolute Gasteiger partial charge is 0.197 e. The quantitative estimate of drug-likeness (QED) is 0.547. The zero-order chi connectivity index (χ0) is 14.5. The summed E-state index contributed by atoms with van der Waals surface area (Å²) < 4.78 is 5.34. The van der Waals surface area contributed by atoms with Gasteiger partial charge in [-0.1, -0.05) is 0 Å². The second kappa shape index (κ2) is 6.24. The zero-order valence-electron chi connectivity index (χ0n) is 11.1. The average molecular weight is 293 g/mol. The standard InChI is InChI=1S/C11H15N7OS/c1-3-14-9-8(19-2)10(16-5-15-9)20-11-17-6(12)4-7(13)18-11/h4-5H,3H2,1-2H3,(H,14,15,16)(H4,12,13,17,18). The largest absolute Gasteiger partial charge is 0.490 e. The molecule has 9 heteroatoms. The van der Waals surface area contributed by atoms with Crippen molar-refractivity contribution in [3.8, 4) is 5.75 Å². The van der Waals surface area contributed by atoms with Crippen molar-refractivity contribution in [1.29, 1.82) is 0 Å². The molecule has 0 radical (unpaired) electrons. The Morgan fingerprint density at radius 3 is 2.55 bits per heavy atom. The van der Waals surface area contributed by atoms with Crippen LogP contribution in [0.4, 0.5) is 17.5 Å². The Kier molecular flexibility index (Phi) is 4.41. The molecule has 106 valence electrons. The van der Waals surface area contributed by atoms with Gasteiger partial charge in [-0.3, -0.25) is 0 Å². The molecule has 8 nitrogen and oxygen atoms in total. The highest BCUT2D eigenvalue weighted by molar-refractivity contribution is 7.99. The summed E-state index contributed by atoms with van der Waals surface area (Å²) in [5.41, 5.74) is 11.3. The summed E-state index contributed by atoms with van der Waals surface area (Å²) in [6, 6.07) is 1.49. The third-order valence-corrected chi connectivity index (χ3v) is 3.10. The molecular formula is C11H15N7OS. The topological polar surface area (TPSA) is 125 Å². The number of nitrogens with zero attached hydrogens (tertiary/aromatic N) is 4. The highest BCUT2D eigenvalue weighted by atomic mass is 32.2. The van der Waals surface area contributed by atoms with Crippen LogP contribution >= 0.6 is 11.8 Å². The lowest BCUT2D eigenvalue weighted by Crippen LogP contribution is -2.04. The molecule has 0 aliphatic carbocycles. The van der Waals surface area contributed by atoms with Gasteiger partial charge in [0.05, 0.1) is 7.11 Å². The third-order valence-electron chi connectivity index (χ3n) is 2.25. The van der Waals surface area contributed by atoms with E-state index >= 15 is 0 Å². The van der Waals surface area contributed by atoms with Crippen LogP contribution in [0.3, 0.4) is 0 Å². The van der Waals surface area contributed by atoms with Crippen molar-refractivity contribution in [3.05, 3.63) is 12.4 Å². The number of nitrogens with two attached hydrogens (primary N) is 2. The van der Waals surface area contributed by atoms with Gasteiger partial charge in [0.2, 0.25) is 0 Å². The lowest BCUT2D eigenvalue weighted by molar-refractivity contribution is 0.400. The highest BCUT2D eigenvalue weighted by Crippen LogP contribution is 2.35. The van der Waals surface area contributed by atoms with Gasteiger partial charge in [-0.25, -0.2) is 19.9 Å². The molecule has 0 fully saturated rings. The lowest BCUT2D eigenvalue weighted by atomic mass is 10.5. The van der Waals surface area contributed by atoms with E-state index in [1.165, 1.54) is 24.2 Å². The van der Waals surface area contributed by atoms with Crippen molar-refractivity contribution in [2.24, 2.45) is 0 Å². The first-order chi connectivity index (χ1) is 9.63. The second-order valence-corrected chi connectivity index (χ2v) is 4.65. The molecule has 2 heterocycles. The Balaban J connectivity index is 2.35. The molecule has 0 atom stereocenters. The average Bonchev–Trinajstić information content (AvgIpc) is 2.38. The first-order valence-electron chi connectivity index (χ1n) is 5.84. The van der Waals surface area contributed by atoms with Crippen LogP contribution in [0.15, 0.2) is 22.6 Å². The minimum absolute atomic E-state index is 0.305. The number of ether oxygens (including phenoxy) is 1. The molecule has 20 heavy (non-hydrogen) atoms. The summed E-state index contributed by atoms with van der Waals surface area (Å²) in [4.78, 5) is 16.5. The van der Waals surface area contributed by atoms with Crippen molar-refractivity contribution in [1.82, 2.24) is 19.9 Å². The number of rotatable bonds is 5.